The molecule has 0 aliphatic rings. The Balaban J connectivity index is 3.41. The third-order valence-corrected chi connectivity index (χ3v) is 2.29. The molecule has 3 heteroatoms. The minimum atomic E-state index is 0.442. The van der Waals surface area contributed by atoms with Crippen molar-refractivity contribution in [3.8, 4) is 0 Å². The largest absolute Gasteiger partial charge is 0.397 e. The molecule has 0 aromatic carbocycles. The molecule has 0 amide bonds. The van der Waals surface area contributed by atoms with Crippen LogP contribution in [-0.2, 0) is 0 Å². The van der Waals surface area contributed by atoms with E-state index in [1.165, 1.54) is 0 Å². The zero-order chi connectivity index (χ0) is 12.3. The van der Waals surface area contributed by atoms with Gasteiger partial charge in [-0.15, -0.1) is 0 Å². The van der Waals surface area contributed by atoms with E-state index in [0.29, 0.717) is 11.4 Å². The first kappa shape index (κ1) is 12.2. The lowest BCUT2D eigenvalue weighted by molar-refractivity contribution is 1.01. The number of hydrogen-bond acceptors (Lipinski definition) is 3. The van der Waals surface area contributed by atoms with Crippen LogP contribution in [0.15, 0.2) is 25.3 Å². The van der Waals surface area contributed by atoms with Gasteiger partial charge < -0.3 is 5.73 Å². The van der Waals surface area contributed by atoms with Crippen LogP contribution in [0.2, 0.25) is 0 Å². The van der Waals surface area contributed by atoms with Gasteiger partial charge in [-0.25, -0.2) is 4.98 Å². The Hall–Kier alpha value is -1.90. The van der Waals surface area contributed by atoms with E-state index in [2.05, 4.69) is 23.1 Å². The molecule has 3 nitrogen and oxygen atoms in total. The average Bonchev–Trinajstić information content (AvgIpc) is 2.17. The molecule has 1 aromatic rings. The lowest BCUT2D eigenvalue weighted by atomic mass is 10.1. The number of nitrogens with two attached hydrogens (primary N) is 1. The van der Waals surface area contributed by atoms with Crippen molar-refractivity contribution in [2.75, 3.05) is 0 Å². The maximum Gasteiger partial charge on any atom is 0.107 e. The molecule has 0 atom stereocenters. The zero-order valence-corrected chi connectivity index (χ0v) is 10.0. The van der Waals surface area contributed by atoms with Crippen LogP contribution in [0.5, 0.6) is 0 Å². The predicted molar refractivity (Wildman–Crippen MR) is 68.6 cm³/mol. The summed E-state index contributed by atoms with van der Waals surface area (Å²) >= 11 is 0. The lowest BCUT2D eigenvalue weighted by Gasteiger charge is -2.10. The first-order valence-corrected chi connectivity index (χ1v) is 5.07. The summed E-state index contributed by atoms with van der Waals surface area (Å²) in [5.74, 6) is 0. The molecule has 0 unspecified atom stereocenters. The van der Waals surface area contributed by atoms with E-state index in [-0.39, 0.29) is 0 Å². The molecule has 0 bridgehead atoms. The topological polar surface area (TPSA) is 51.8 Å². The number of aromatic nitrogens is 2. The SMILES string of the molecule is C=C/C=C(\C)c1nc(C(=C)N)c(C)nc1C. The maximum atomic E-state index is 5.67. The number of aryl methyl sites for hydroxylation is 2. The fraction of sp³-hybridized carbons (Fsp3) is 0.231. The van der Waals surface area contributed by atoms with Crippen molar-refractivity contribution in [2.24, 2.45) is 5.73 Å². The van der Waals surface area contributed by atoms with Gasteiger partial charge in [0.05, 0.1) is 22.8 Å². The van der Waals surface area contributed by atoms with Gasteiger partial charge in [0.15, 0.2) is 0 Å². The summed E-state index contributed by atoms with van der Waals surface area (Å²) in [4.78, 5) is 8.91. The monoisotopic (exact) mass is 215 g/mol. The molecule has 0 saturated carbocycles. The first-order valence-electron chi connectivity index (χ1n) is 5.07. The second kappa shape index (κ2) is 4.75. The van der Waals surface area contributed by atoms with Crippen molar-refractivity contribution in [3.05, 3.63) is 48.1 Å². The van der Waals surface area contributed by atoms with Gasteiger partial charge in [0, 0.05) is 0 Å². The molecule has 84 valence electrons. The number of hydrogen-bond donors (Lipinski definition) is 1. The molecule has 0 fully saturated rings. The molecular formula is C13H17N3. The van der Waals surface area contributed by atoms with Crippen LogP contribution in [0.3, 0.4) is 0 Å². The Morgan fingerprint density at radius 2 is 1.75 bits per heavy atom. The van der Waals surface area contributed by atoms with E-state index >= 15 is 0 Å². The molecule has 0 radical (unpaired) electrons. The fourth-order valence-electron chi connectivity index (χ4n) is 1.56. The summed E-state index contributed by atoms with van der Waals surface area (Å²) in [6.07, 6.45) is 3.63. The summed E-state index contributed by atoms with van der Waals surface area (Å²) in [7, 11) is 0. The molecule has 0 saturated heterocycles. The van der Waals surface area contributed by atoms with Crippen LogP contribution in [0.1, 0.15) is 29.7 Å². The zero-order valence-electron chi connectivity index (χ0n) is 10.0. The van der Waals surface area contributed by atoms with Gasteiger partial charge in [-0.1, -0.05) is 25.3 Å². The fourth-order valence-corrected chi connectivity index (χ4v) is 1.56. The molecule has 16 heavy (non-hydrogen) atoms. The maximum absolute atomic E-state index is 5.67. The molecular weight excluding hydrogens is 198 g/mol. The van der Waals surface area contributed by atoms with E-state index in [1.807, 2.05) is 26.8 Å². The third kappa shape index (κ3) is 2.37. The normalized spacial score (nSPS) is 11.3. The van der Waals surface area contributed by atoms with E-state index in [4.69, 9.17) is 5.73 Å². The van der Waals surface area contributed by atoms with Gasteiger partial charge in [-0.3, -0.25) is 4.98 Å². The van der Waals surface area contributed by atoms with Crippen LogP contribution in [0, 0.1) is 13.8 Å². The summed E-state index contributed by atoms with van der Waals surface area (Å²) in [6.45, 7) is 13.1. The first-order chi connectivity index (χ1) is 7.47. The van der Waals surface area contributed by atoms with Crippen LogP contribution in [0.25, 0.3) is 11.3 Å². The number of allylic oxidation sites excluding steroid dienone is 3. The van der Waals surface area contributed by atoms with Crippen LogP contribution < -0.4 is 5.73 Å². The minimum absolute atomic E-state index is 0.442. The molecule has 1 heterocycles. The Labute approximate surface area is 96.4 Å². The second-order valence-corrected chi connectivity index (χ2v) is 3.70. The Bertz CT molecular complexity index is 470. The van der Waals surface area contributed by atoms with Crippen LogP contribution in [-0.4, -0.2) is 9.97 Å². The van der Waals surface area contributed by atoms with Crippen molar-refractivity contribution in [1.82, 2.24) is 9.97 Å². The third-order valence-electron chi connectivity index (χ3n) is 2.29. The molecule has 1 aromatic heterocycles. The minimum Gasteiger partial charge on any atom is -0.397 e. The molecule has 0 spiro atoms. The van der Waals surface area contributed by atoms with Crippen LogP contribution in [0.4, 0.5) is 0 Å². The highest BCUT2D eigenvalue weighted by Crippen LogP contribution is 2.18. The van der Waals surface area contributed by atoms with E-state index in [9.17, 15) is 0 Å². The Morgan fingerprint density at radius 1 is 1.19 bits per heavy atom. The van der Waals surface area contributed by atoms with Crippen LogP contribution >= 0.6 is 0 Å². The summed E-state index contributed by atoms with van der Waals surface area (Å²) < 4.78 is 0. The van der Waals surface area contributed by atoms with Crippen molar-refractivity contribution in [1.29, 1.82) is 0 Å². The second-order valence-electron chi connectivity index (χ2n) is 3.70. The van der Waals surface area contributed by atoms with Gasteiger partial charge in [-0.05, 0) is 26.3 Å². The summed E-state index contributed by atoms with van der Waals surface area (Å²) in [6, 6.07) is 0. The van der Waals surface area contributed by atoms with E-state index in [1.54, 1.807) is 6.08 Å². The number of nitrogens with zero attached hydrogens (tertiary/aromatic N) is 2. The Kier molecular flexibility index (Phi) is 3.61. The highest BCUT2D eigenvalue weighted by Gasteiger charge is 2.09. The standard InChI is InChI=1S/C13H17N3/c1-6-7-8(2)12-10(4)15-11(5)13(16-12)9(3)14/h6-7H,1,3,14H2,2,4-5H3/b8-7+. The highest BCUT2D eigenvalue weighted by molar-refractivity contribution is 5.67. The molecule has 0 aliphatic heterocycles. The van der Waals surface area contributed by atoms with Gasteiger partial charge in [0.1, 0.15) is 5.69 Å². The van der Waals surface area contributed by atoms with Gasteiger partial charge >= 0.3 is 0 Å². The van der Waals surface area contributed by atoms with Crippen molar-refractivity contribution in [3.63, 3.8) is 0 Å². The van der Waals surface area contributed by atoms with Gasteiger partial charge in [0.25, 0.3) is 0 Å². The highest BCUT2D eigenvalue weighted by atomic mass is 14.9. The summed E-state index contributed by atoms with van der Waals surface area (Å²) in [5.41, 5.74) is 10.3. The van der Waals surface area contributed by atoms with E-state index in [0.717, 1.165) is 22.7 Å². The average molecular weight is 215 g/mol. The predicted octanol–water partition coefficient (Wildman–Crippen LogP) is 2.61. The van der Waals surface area contributed by atoms with Crippen molar-refractivity contribution >= 4 is 11.3 Å². The Morgan fingerprint density at radius 3 is 2.25 bits per heavy atom. The van der Waals surface area contributed by atoms with Gasteiger partial charge in [-0.2, -0.15) is 0 Å². The van der Waals surface area contributed by atoms with Crippen molar-refractivity contribution in [2.45, 2.75) is 20.8 Å². The summed E-state index contributed by atoms with van der Waals surface area (Å²) in [5, 5.41) is 0. The smallest absolute Gasteiger partial charge is 0.107 e. The molecule has 0 aliphatic carbocycles. The molecule has 2 N–H and O–H groups in total. The number of rotatable bonds is 3. The lowest BCUT2D eigenvalue weighted by Crippen LogP contribution is -2.07. The van der Waals surface area contributed by atoms with Crippen molar-refractivity contribution < 1.29 is 0 Å². The van der Waals surface area contributed by atoms with Gasteiger partial charge in [0.2, 0.25) is 0 Å². The quantitative estimate of drug-likeness (QED) is 0.788. The molecule has 1 rings (SSSR count). The van der Waals surface area contributed by atoms with E-state index < -0.39 is 0 Å².